The minimum atomic E-state index is 0.0350. The fourth-order valence-electron chi connectivity index (χ4n) is 1.95. The Bertz CT molecular complexity index is 518. The van der Waals surface area contributed by atoms with E-state index in [4.69, 9.17) is 17.4 Å². The van der Waals surface area contributed by atoms with E-state index in [-0.39, 0.29) is 6.04 Å². The van der Waals surface area contributed by atoms with Crippen molar-refractivity contribution in [3.05, 3.63) is 52.8 Å². The molecule has 0 aliphatic rings. The third-order valence-corrected chi connectivity index (χ3v) is 3.33. The smallest absolute Gasteiger partial charge is 0.0644 e. The third-order valence-electron chi connectivity index (χ3n) is 3.08. The fraction of sp³-hybridized carbons (Fsp3) is 0.357. The van der Waals surface area contributed by atoms with Crippen molar-refractivity contribution in [2.24, 2.45) is 5.84 Å². The molecule has 0 saturated carbocycles. The van der Waals surface area contributed by atoms with Gasteiger partial charge in [-0.05, 0) is 37.6 Å². The first kappa shape index (κ1) is 14.1. The third kappa shape index (κ3) is 3.56. The van der Waals surface area contributed by atoms with Gasteiger partial charge < -0.3 is 0 Å². The monoisotopic (exact) mass is 278 g/mol. The Balaban J connectivity index is 2.12. The summed E-state index contributed by atoms with van der Waals surface area (Å²) in [6.07, 6.45) is 2.74. The van der Waals surface area contributed by atoms with Gasteiger partial charge >= 0.3 is 0 Å². The molecule has 102 valence electrons. The van der Waals surface area contributed by atoms with E-state index in [9.17, 15) is 0 Å². The molecule has 0 saturated heterocycles. The molecule has 0 aliphatic heterocycles. The molecule has 3 N–H and O–H groups in total. The molecule has 4 nitrogen and oxygen atoms in total. The first-order valence-electron chi connectivity index (χ1n) is 6.35. The lowest BCUT2D eigenvalue weighted by atomic mass is 10.0. The summed E-state index contributed by atoms with van der Waals surface area (Å²) >= 11 is 5.89. The Morgan fingerprint density at radius 3 is 2.47 bits per heavy atom. The molecular formula is C14H19ClN4. The number of nitrogens with zero attached hydrogens (tertiary/aromatic N) is 2. The molecule has 2 aromatic rings. The minimum absolute atomic E-state index is 0.0350. The van der Waals surface area contributed by atoms with Crippen LogP contribution in [-0.2, 0) is 6.42 Å². The molecule has 19 heavy (non-hydrogen) atoms. The lowest BCUT2D eigenvalue weighted by Gasteiger charge is -2.15. The zero-order chi connectivity index (χ0) is 13.8. The maximum atomic E-state index is 5.89. The highest BCUT2D eigenvalue weighted by molar-refractivity contribution is 6.30. The van der Waals surface area contributed by atoms with Crippen molar-refractivity contribution in [3.8, 4) is 0 Å². The molecule has 1 atom stereocenters. The summed E-state index contributed by atoms with van der Waals surface area (Å²) in [5.74, 6) is 5.64. The summed E-state index contributed by atoms with van der Waals surface area (Å²) in [5, 5.41) is 5.26. The molecule has 1 heterocycles. The predicted molar refractivity (Wildman–Crippen MR) is 77.8 cm³/mol. The first-order chi connectivity index (χ1) is 9.10. The van der Waals surface area contributed by atoms with E-state index in [1.54, 1.807) is 0 Å². The van der Waals surface area contributed by atoms with Crippen LogP contribution < -0.4 is 11.3 Å². The number of benzene rings is 1. The summed E-state index contributed by atoms with van der Waals surface area (Å²) in [4.78, 5) is 0. The van der Waals surface area contributed by atoms with Gasteiger partial charge in [0.05, 0.1) is 11.7 Å². The molecule has 0 bridgehead atoms. The van der Waals surface area contributed by atoms with Crippen molar-refractivity contribution in [1.82, 2.24) is 15.2 Å². The lowest BCUT2D eigenvalue weighted by molar-refractivity contribution is 0.507. The predicted octanol–water partition coefficient (Wildman–Crippen LogP) is 2.86. The van der Waals surface area contributed by atoms with Gasteiger partial charge in [-0.3, -0.25) is 16.0 Å². The van der Waals surface area contributed by atoms with E-state index in [1.165, 1.54) is 0 Å². The Kier molecular flexibility index (Phi) is 4.58. The number of halogens is 1. The van der Waals surface area contributed by atoms with Crippen molar-refractivity contribution in [3.63, 3.8) is 0 Å². The summed E-state index contributed by atoms with van der Waals surface area (Å²) in [6.45, 7) is 4.21. The van der Waals surface area contributed by atoms with Crippen LogP contribution in [0.5, 0.6) is 0 Å². The van der Waals surface area contributed by atoms with Gasteiger partial charge in [0.25, 0.3) is 0 Å². The summed E-state index contributed by atoms with van der Waals surface area (Å²) in [5.41, 5.74) is 4.96. The molecule has 1 aromatic heterocycles. The second-order valence-electron chi connectivity index (χ2n) is 4.86. The number of nitrogens with two attached hydrogens (primary N) is 1. The number of hydrogen-bond donors (Lipinski definition) is 2. The highest BCUT2D eigenvalue weighted by atomic mass is 35.5. The van der Waals surface area contributed by atoms with E-state index < -0.39 is 0 Å². The van der Waals surface area contributed by atoms with Crippen LogP contribution in [0.25, 0.3) is 0 Å². The molecular weight excluding hydrogens is 260 g/mol. The van der Waals surface area contributed by atoms with Gasteiger partial charge in [0.1, 0.15) is 0 Å². The van der Waals surface area contributed by atoms with E-state index in [0.717, 1.165) is 22.7 Å². The van der Waals surface area contributed by atoms with Crippen LogP contribution in [0.1, 0.15) is 37.2 Å². The average molecular weight is 279 g/mol. The normalized spacial score (nSPS) is 12.9. The second kappa shape index (κ2) is 6.19. The zero-order valence-corrected chi connectivity index (χ0v) is 11.9. The van der Waals surface area contributed by atoms with Gasteiger partial charge in [-0.1, -0.05) is 23.7 Å². The van der Waals surface area contributed by atoms with Crippen molar-refractivity contribution in [2.75, 3.05) is 0 Å². The molecule has 0 fully saturated rings. The van der Waals surface area contributed by atoms with Crippen molar-refractivity contribution in [2.45, 2.75) is 32.4 Å². The Hall–Kier alpha value is -1.36. The Morgan fingerprint density at radius 2 is 1.95 bits per heavy atom. The van der Waals surface area contributed by atoms with Crippen LogP contribution in [0.3, 0.4) is 0 Å². The SMILES string of the molecule is CC(C)n1ccc(CC(NN)c2ccc(Cl)cc2)n1. The maximum absolute atomic E-state index is 5.89. The van der Waals surface area contributed by atoms with Crippen LogP contribution in [-0.4, -0.2) is 9.78 Å². The highest BCUT2D eigenvalue weighted by Gasteiger charge is 2.12. The number of rotatable bonds is 5. The number of nitrogens with one attached hydrogen (secondary N) is 1. The summed E-state index contributed by atoms with van der Waals surface area (Å²) in [7, 11) is 0. The van der Waals surface area contributed by atoms with E-state index >= 15 is 0 Å². The van der Waals surface area contributed by atoms with Gasteiger partial charge in [-0.25, -0.2) is 0 Å². The summed E-state index contributed by atoms with van der Waals surface area (Å²) in [6, 6.07) is 10.1. The van der Waals surface area contributed by atoms with Crippen molar-refractivity contribution in [1.29, 1.82) is 0 Å². The van der Waals surface area contributed by atoms with Gasteiger partial charge in [-0.2, -0.15) is 5.10 Å². The quantitative estimate of drug-likeness (QED) is 0.653. The van der Waals surface area contributed by atoms with Gasteiger partial charge in [-0.15, -0.1) is 0 Å². The standard InChI is InChI=1S/C14H19ClN4/c1-10(2)19-8-7-13(18-19)9-14(17-16)11-3-5-12(15)6-4-11/h3-8,10,14,17H,9,16H2,1-2H3. The zero-order valence-electron chi connectivity index (χ0n) is 11.2. The Morgan fingerprint density at radius 1 is 1.26 bits per heavy atom. The largest absolute Gasteiger partial charge is 0.271 e. The Labute approximate surface area is 118 Å². The highest BCUT2D eigenvalue weighted by Crippen LogP contribution is 2.19. The van der Waals surface area contributed by atoms with Crippen LogP contribution in [0, 0.1) is 0 Å². The van der Waals surface area contributed by atoms with E-state index in [2.05, 4.69) is 24.4 Å². The van der Waals surface area contributed by atoms with E-state index in [1.807, 2.05) is 41.2 Å². The first-order valence-corrected chi connectivity index (χ1v) is 6.73. The molecule has 0 spiro atoms. The molecule has 1 unspecified atom stereocenters. The van der Waals surface area contributed by atoms with E-state index in [0.29, 0.717) is 6.04 Å². The molecule has 0 aliphatic carbocycles. The number of aromatic nitrogens is 2. The summed E-state index contributed by atoms with van der Waals surface area (Å²) < 4.78 is 1.95. The number of hydrogen-bond acceptors (Lipinski definition) is 3. The molecule has 0 amide bonds. The molecule has 1 aromatic carbocycles. The maximum Gasteiger partial charge on any atom is 0.0644 e. The van der Waals surface area contributed by atoms with Crippen molar-refractivity contribution >= 4 is 11.6 Å². The molecule has 5 heteroatoms. The van der Waals surface area contributed by atoms with Crippen molar-refractivity contribution < 1.29 is 0 Å². The van der Waals surface area contributed by atoms with Crippen LogP contribution in [0.15, 0.2) is 36.5 Å². The van der Waals surface area contributed by atoms with Crippen LogP contribution in [0.2, 0.25) is 5.02 Å². The fourth-order valence-corrected chi connectivity index (χ4v) is 2.08. The van der Waals surface area contributed by atoms with Crippen LogP contribution >= 0.6 is 11.6 Å². The molecule has 0 radical (unpaired) electrons. The average Bonchev–Trinajstić information content (AvgIpc) is 2.86. The minimum Gasteiger partial charge on any atom is -0.271 e. The lowest BCUT2D eigenvalue weighted by Crippen LogP contribution is -2.29. The second-order valence-corrected chi connectivity index (χ2v) is 5.29. The van der Waals surface area contributed by atoms with Gasteiger partial charge in [0.15, 0.2) is 0 Å². The molecule has 2 rings (SSSR count). The van der Waals surface area contributed by atoms with Gasteiger partial charge in [0, 0.05) is 23.7 Å². The topological polar surface area (TPSA) is 55.9 Å². The van der Waals surface area contributed by atoms with Gasteiger partial charge in [0.2, 0.25) is 0 Å². The number of hydrazine groups is 1. The van der Waals surface area contributed by atoms with Crippen LogP contribution in [0.4, 0.5) is 0 Å².